The Kier molecular flexibility index (Phi) is 60.3. The molecule has 76 heavy (non-hydrogen) atoms. The van der Waals surface area contributed by atoms with Crippen LogP contribution in [0, 0.1) is 0 Å². The summed E-state index contributed by atoms with van der Waals surface area (Å²) >= 11 is 0. The summed E-state index contributed by atoms with van der Waals surface area (Å²) in [7, 11) is 0. The summed E-state index contributed by atoms with van der Waals surface area (Å²) in [5.74, 6) is -0.904. The van der Waals surface area contributed by atoms with Crippen molar-refractivity contribution in [2.24, 2.45) is 0 Å². The van der Waals surface area contributed by atoms with Crippen molar-refractivity contribution in [1.29, 1.82) is 0 Å². The molecule has 1 atom stereocenters. The van der Waals surface area contributed by atoms with Crippen molar-refractivity contribution < 1.29 is 28.6 Å². The fraction of sp³-hybridized carbons (Fsp3) is 0.700. The lowest BCUT2D eigenvalue weighted by Crippen LogP contribution is -2.30. The van der Waals surface area contributed by atoms with Gasteiger partial charge in [-0.3, -0.25) is 14.4 Å². The van der Waals surface area contributed by atoms with Gasteiger partial charge in [0.15, 0.2) is 6.10 Å². The summed E-state index contributed by atoms with van der Waals surface area (Å²) in [4.78, 5) is 38.2. The molecule has 0 aliphatic rings. The van der Waals surface area contributed by atoms with Crippen molar-refractivity contribution in [2.45, 2.75) is 303 Å². The van der Waals surface area contributed by atoms with Crippen LogP contribution in [0.15, 0.2) is 109 Å². The van der Waals surface area contributed by atoms with Crippen molar-refractivity contribution in [2.75, 3.05) is 13.2 Å². The minimum absolute atomic E-state index is 0.0866. The second-order valence-corrected chi connectivity index (χ2v) is 20.9. The van der Waals surface area contributed by atoms with E-state index in [-0.39, 0.29) is 31.1 Å². The van der Waals surface area contributed by atoms with Crippen LogP contribution in [-0.4, -0.2) is 37.2 Å². The Labute approximate surface area is 470 Å². The van der Waals surface area contributed by atoms with Gasteiger partial charge >= 0.3 is 17.9 Å². The van der Waals surface area contributed by atoms with E-state index in [9.17, 15) is 14.4 Å². The quantitative estimate of drug-likeness (QED) is 0.0261. The molecule has 0 aromatic heterocycles. The molecule has 0 aliphatic heterocycles. The number of rotatable bonds is 57. The van der Waals surface area contributed by atoms with Crippen LogP contribution < -0.4 is 0 Å². The number of carbonyl (C=O) groups is 3. The molecule has 6 heteroatoms. The molecule has 0 saturated heterocycles. The van der Waals surface area contributed by atoms with Crippen LogP contribution in [0.25, 0.3) is 0 Å². The molecule has 0 aromatic carbocycles. The maximum atomic E-state index is 12.9. The van der Waals surface area contributed by atoms with E-state index in [1.165, 1.54) is 128 Å². The summed E-state index contributed by atoms with van der Waals surface area (Å²) in [5, 5.41) is 0. The third kappa shape index (κ3) is 60.9. The Morgan fingerprint density at radius 1 is 0.276 bits per heavy atom. The van der Waals surface area contributed by atoms with E-state index in [0.29, 0.717) is 19.3 Å². The maximum Gasteiger partial charge on any atom is 0.306 e. The van der Waals surface area contributed by atoms with Crippen LogP contribution in [0.3, 0.4) is 0 Å². The normalized spacial score (nSPS) is 12.8. The Hall–Kier alpha value is -3.93. The highest BCUT2D eigenvalue weighted by atomic mass is 16.6. The third-order valence-corrected chi connectivity index (χ3v) is 13.5. The lowest BCUT2D eigenvalue weighted by molar-refractivity contribution is -0.167. The van der Waals surface area contributed by atoms with Gasteiger partial charge < -0.3 is 14.2 Å². The zero-order chi connectivity index (χ0) is 55.0. The minimum Gasteiger partial charge on any atom is -0.462 e. The summed E-state index contributed by atoms with van der Waals surface area (Å²) in [6, 6.07) is 0. The standard InChI is InChI=1S/C70H118O6/c1-4-7-10-13-16-19-22-25-27-28-29-30-31-32-33-34-35-36-37-38-39-40-41-42-43-46-48-51-54-57-60-63-69(72)75-66-67(65-74-68(71)62-59-56-53-50-47-44-24-21-18-15-12-9-6-3)76-70(73)64-61-58-55-52-49-45-26-23-20-17-14-11-8-5-2/h7,10,16,19,21,23-27,29-30,32-33,35-36,38-39,67H,4-6,8-9,11-15,17-18,20,22,28,31,34,37,40-66H2,1-3H3/b10-7-,19-16-,24-21-,26-23-,27-25-,30-29-,33-32-,36-35-,39-38-. The number of hydrogen-bond acceptors (Lipinski definition) is 6. The van der Waals surface area contributed by atoms with Crippen LogP contribution >= 0.6 is 0 Å². The molecular weight excluding hydrogens is 937 g/mol. The second-order valence-electron chi connectivity index (χ2n) is 20.9. The van der Waals surface area contributed by atoms with E-state index in [0.717, 1.165) is 128 Å². The molecule has 434 valence electrons. The van der Waals surface area contributed by atoms with Gasteiger partial charge in [-0.15, -0.1) is 0 Å². The number of allylic oxidation sites excluding steroid dienone is 18. The highest BCUT2D eigenvalue weighted by Crippen LogP contribution is 2.15. The molecule has 0 fully saturated rings. The highest BCUT2D eigenvalue weighted by Gasteiger charge is 2.19. The van der Waals surface area contributed by atoms with Gasteiger partial charge in [-0.1, -0.05) is 259 Å². The zero-order valence-corrected chi connectivity index (χ0v) is 49.7. The van der Waals surface area contributed by atoms with E-state index in [4.69, 9.17) is 14.2 Å². The molecule has 0 aliphatic carbocycles. The van der Waals surface area contributed by atoms with Gasteiger partial charge in [-0.25, -0.2) is 0 Å². The first-order chi connectivity index (χ1) is 37.5. The lowest BCUT2D eigenvalue weighted by atomic mass is 10.1. The van der Waals surface area contributed by atoms with Gasteiger partial charge in [0.1, 0.15) is 13.2 Å². The van der Waals surface area contributed by atoms with Gasteiger partial charge in [0.05, 0.1) is 0 Å². The summed E-state index contributed by atoms with van der Waals surface area (Å²) in [6.45, 7) is 6.49. The number of carbonyl (C=O) groups excluding carboxylic acids is 3. The average molecular weight is 1060 g/mol. The van der Waals surface area contributed by atoms with Gasteiger partial charge in [0.2, 0.25) is 0 Å². The number of unbranched alkanes of at least 4 members (excludes halogenated alkanes) is 28. The molecule has 0 aromatic rings. The molecular formula is C70H118O6. The molecule has 0 spiro atoms. The molecule has 0 saturated carbocycles. The number of esters is 3. The van der Waals surface area contributed by atoms with Crippen LogP contribution in [0.4, 0.5) is 0 Å². The first-order valence-corrected chi connectivity index (χ1v) is 31.9. The first-order valence-electron chi connectivity index (χ1n) is 31.9. The van der Waals surface area contributed by atoms with Crippen LogP contribution in [0.5, 0.6) is 0 Å². The van der Waals surface area contributed by atoms with Crippen molar-refractivity contribution in [1.82, 2.24) is 0 Å². The Morgan fingerprint density at radius 2 is 0.513 bits per heavy atom. The highest BCUT2D eigenvalue weighted by molar-refractivity contribution is 5.71. The molecule has 0 heterocycles. The van der Waals surface area contributed by atoms with E-state index >= 15 is 0 Å². The molecule has 0 amide bonds. The molecule has 0 N–H and O–H groups in total. The van der Waals surface area contributed by atoms with Gasteiger partial charge in [-0.05, 0) is 128 Å². The number of hydrogen-bond donors (Lipinski definition) is 0. The number of ether oxygens (including phenoxy) is 3. The van der Waals surface area contributed by atoms with Crippen LogP contribution in [-0.2, 0) is 28.6 Å². The van der Waals surface area contributed by atoms with Crippen molar-refractivity contribution in [3.8, 4) is 0 Å². The van der Waals surface area contributed by atoms with E-state index < -0.39 is 6.10 Å². The Balaban J connectivity index is 4.26. The largest absolute Gasteiger partial charge is 0.462 e. The van der Waals surface area contributed by atoms with Crippen molar-refractivity contribution in [3.63, 3.8) is 0 Å². The van der Waals surface area contributed by atoms with Gasteiger partial charge in [0, 0.05) is 19.3 Å². The molecule has 0 rings (SSSR count). The summed E-state index contributed by atoms with van der Waals surface area (Å²) < 4.78 is 16.9. The fourth-order valence-electron chi connectivity index (χ4n) is 8.71. The SMILES string of the molecule is CC/C=C\C/C=C\C/C=C\C/C=C\C/C=C\C/C=C\C/C=C\CCCCCCCCCCCC(=O)OCC(COC(=O)CCCCCCC/C=C\CCCCCC)OC(=O)CCCCCCC/C=C\CCCCCCC. The van der Waals surface area contributed by atoms with E-state index in [1.807, 2.05) is 0 Å². The smallest absolute Gasteiger partial charge is 0.306 e. The summed E-state index contributed by atoms with van der Waals surface area (Å²) in [6.07, 6.45) is 86.6. The predicted octanol–water partition coefficient (Wildman–Crippen LogP) is 21.8. The third-order valence-electron chi connectivity index (χ3n) is 13.5. The minimum atomic E-state index is -0.789. The Morgan fingerprint density at radius 3 is 0.829 bits per heavy atom. The van der Waals surface area contributed by atoms with Crippen molar-refractivity contribution >= 4 is 17.9 Å². The predicted molar refractivity (Wildman–Crippen MR) is 330 cm³/mol. The zero-order valence-electron chi connectivity index (χ0n) is 49.7. The fourth-order valence-corrected chi connectivity index (χ4v) is 8.71. The summed E-state index contributed by atoms with van der Waals surface area (Å²) in [5.41, 5.74) is 0. The maximum absolute atomic E-state index is 12.9. The topological polar surface area (TPSA) is 78.9 Å². The van der Waals surface area contributed by atoms with E-state index in [2.05, 4.69) is 130 Å². The lowest BCUT2D eigenvalue weighted by Gasteiger charge is -2.18. The van der Waals surface area contributed by atoms with E-state index in [1.54, 1.807) is 0 Å². The first kappa shape index (κ1) is 72.1. The van der Waals surface area contributed by atoms with Crippen LogP contribution in [0.2, 0.25) is 0 Å². The monoisotopic (exact) mass is 1050 g/mol. The molecule has 0 radical (unpaired) electrons. The van der Waals surface area contributed by atoms with Gasteiger partial charge in [0.25, 0.3) is 0 Å². The average Bonchev–Trinajstić information content (AvgIpc) is 3.42. The van der Waals surface area contributed by atoms with Gasteiger partial charge in [-0.2, -0.15) is 0 Å². The second kappa shape index (κ2) is 63.6. The molecule has 1 unspecified atom stereocenters. The molecule has 0 bridgehead atoms. The van der Waals surface area contributed by atoms with Crippen molar-refractivity contribution in [3.05, 3.63) is 109 Å². The molecule has 6 nitrogen and oxygen atoms in total. The Bertz CT molecular complexity index is 1540. The van der Waals surface area contributed by atoms with Crippen LogP contribution in [0.1, 0.15) is 297 Å².